The summed E-state index contributed by atoms with van der Waals surface area (Å²) in [5, 5.41) is 1.46. The summed E-state index contributed by atoms with van der Waals surface area (Å²) in [5.74, 6) is 0.612. The van der Waals surface area contributed by atoms with Gasteiger partial charge in [0, 0.05) is 0 Å². The van der Waals surface area contributed by atoms with Crippen LogP contribution in [0.3, 0.4) is 0 Å². The van der Waals surface area contributed by atoms with Crippen molar-refractivity contribution < 1.29 is 9.09 Å². The van der Waals surface area contributed by atoms with E-state index in [-0.39, 0.29) is 0 Å². The van der Waals surface area contributed by atoms with E-state index in [1.165, 1.54) is 0 Å². The molecule has 2 nitrogen and oxygen atoms in total. The van der Waals surface area contributed by atoms with Crippen LogP contribution in [0.2, 0.25) is 0 Å². The first-order chi connectivity index (χ1) is 11.1. The monoisotopic (exact) mass is 322 g/mol. The van der Waals surface area contributed by atoms with Crippen LogP contribution in [0.1, 0.15) is 11.1 Å². The van der Waals surface area contributed by atoms with Gasteiger partial charge in [0.1, 0.15) is 5.75 Å². The Hall–Kier alpha value is -2.31. The van der Waals surface area contributed by atoms with E-state index < -0.39 is 7.37 Å². The van der Waals surface area contributed by atoms with Crippen molar-refractivity contribution in [2.45, 2.75) is 13.8 Å². The predicted molar refractivity (Wildman–Crippen MR) is 96.3 cm³/mol. The first-order valence-corrected chi connectivity index (χ1v) is 9.20. The van der Waals surface area contributed by atoms with E-state index in [1.54, 1.807) is 0 Å². The summed E-state index contributed by atoms with van der Waals surface area (Å²) in [6.07, 6.45) is 0. The molecule has 0 aliphatic rings. The molecule has 3 heteroatoms. The Balaban J connectivity index is 2.18. The maximum atomic E-state index is 13.9. The summed E-state index contributed by atoms with van der Waals surface area (Å²) >= 11 is 0. The summed E-state index contributed by atoms with van der Waals surface area (Å²) in [4.78, 5) is 0. The zero-order valence-electron chi connectivity index (χ0n) is 13.3. The predicted octanol–water partition coefficient (Wildman–Crippen LogP) is 4.61. The minimum atomic E-state index is -3.21. The third-order valence-corrected chi connectivity index (χ3v) is 6.32. The van der Waals surface area contributed by atoms with Crippen LogP contribution in [0, 0.1) is 13.8 Å². The molecule has 0 spiro atoms. The lowest BCUT2D eigenvalue weighted by atomic mass is 10.2. The largest absolute Gasteiger partial charge is 0.437 e. The van der Waals surface area contributed by atoms with Gasteiger partial charge in [-0.15, -0.1) is 0 Å². The number of benzene rings is 3. The van der Waals surface area contributed by atoms with Gasteiger partial charge in [0.15, 0.2) is 0 Å². The summed E-state index contributed by atoms with van der Waals surface area (Å²) in [6, 6.07) is 24.8. The average Bonchev–Trinajstić information content (AvgIpc) is 2.58. The van der Waals surface area contributed by atoms with Gasteiger partial charge in [-0.05, 0) is 49.7 Å². The summed E-state index contributed by atoms with van der Waals surface area (Å²) in [5.41, 5.74) is 2.04. The molecule has 1 unspecified atom stereocenters. The zero-order valence-corrected chi connectivity index (χ0v) is 14.2. The van der Waals surface area contributed by atoms with Gasteiger partial charge < -0.3 is 4.52 Å². The molecule has 0 saturated carbocycles. The highest BCUT2D eigenvalue weighted by atomic mass is 31.2. The second-order valence-electron chi connectivity index (χ2n) is 5.58. The van der Waals surface area contributed by atoms with Gasteiger partial charge in [0.25, 0.3) is 0 Å². The number of aryl methyl sites for hydroxylation is 2. The van der Waals surface area contributed by atoms with Gasteiger partial charge in [-0.2, -0.15) is 0 Å². The van der Waals surface area contributed by atoms with Crippen LogP contribution >= 0.6 is 7.37 Å². The molecule has 0 aromatic heterocycles. The molecule has 0 N–H and O–H groups in total. The van der Waals surface area contributed by atoms with Gasteiger partial charge >= 0.3 is 7.37 Å². The number of hydrogen-bond acceptors (Lipinski definition) is 2. The molecule has 3 rings (SSSR count). The fourth-order valence-electron chi connectivity index (χ4n) is 2.53. The van der Waals surface area contributed by atoms with Crippen molar-refractivity contribution in [2.75, 3.05) is 0 Å². The normalized spacial score (nSPS) is 13.3. The van der Waals surface area contributed by atoms with Crippen LogP contribution < -0.4 is 15.1 Å². The van der Waals surface area contributed by atoms with Crippen LogP contribution in [0.15, 0.2) is 78.9 Å². The molecule has 0 fully saturated rings. The third kappa shape index (κ3) is 3.23. The van der Waals surface area contributed by atoms with Gasteiger partial charge in [-0.3, -0.25) is 4.57 Å². The summed E-state index contributed by atoms with van der Waals surface area (Å²) < 4.78 is 20.0. The molecule has 1 atom stereocenters. The number of hydrogen-bond donors (Lipinski definition) is 0. The van der Waals surface area contributed by atoms with Gasteiger partial charge in [0.05, 0.1) is 10.6 Å². The molecule has 116 valence electrons. The highest BCUT2D eigenvalue weighted by Gasteiger charge is 2.31. The van der Waals surface area contributed by atoms with Crippen LogP contribution in [0.25, 0.3) is 0 Å². The van der Waals surface area contributed by atoms with Crippen molar-refractivity contribution in [3.8, 4) is 5.75 Å². The van der Waals surface area contributed by atoms with Crippen LogP contribution in [-0.2, 0) is 4.57 Å². The maximum absolute atomic E-state index is 13.9. The van der Waals surface area contributed by atoms with E-state index in [0.717, 1.165) is 16.4 Å². The molecule has 23 heavy (non-hydrogen) atoms. The minimum absolute atomic E-state index is 0.612. The van der Waals surface area contributed by atoms with E-state index in [0.29, 0.717) is 11.1 Å². The van der Waals surface area contributed by atoms with E-state index >= 15 is 0 Å². The van der Waals surface area contributed by atoms with Gasteiger partial charge in [-0.25, -0.2) is 0 Å². The Morgan fingerprint density at radius 1 is 0.783 bits per heavy atom. The van der Waals surface area contributed by atoms with Gasteiger partial charge in [-0.1, -0.05) is 54.1 Å². The Bertz CT molecular complexity index is 842. The highest BCUT2D eigenvalue weighted by Crippen LogP contribution is 2.46. The van der Waals surface area contributed by atoms with Gasteiger partial charge in [0.2, 0.25) is 0 Å². The van der Waals surface area contributed by atoms with Crippen molar-refractivity contribution in [2.24, 2.45) is 0 Å². The molecular weight excluding hydrogens is 303 g/mol. The molecule has 0 heterocycles. The molecule has 0 aliphatic carbocycles. The van der Waals surface area contributed by atoms with E-state index in [2.05, 4.69) is 0 Å². The number of para-hydroxylation sites is 1. The topological polar surface area (TPSA) is 26.3 Å². The smallest absolute Gasteiger partial charge is 0.307 e. The second kappa shape index (κ2) is 6.44. The first-order valence-electron chi connectivity index (χ1n) is 7.58. The Morgan fingerprint density at radius 3 is 2.04 bits per heavy atom. The summed E-state index contributed by atoms with van der Waals surface area (Å²) in [7, 11) is -3.21. The van der Waals surface area contributed by atoms with Crippen LogP contribution in [0.5, 0.6) is 5.75 Å². The minimum Gasteiger partial charge on any atom is -0.437 e. The lowest BCUT2D eigenvalue weighted by Gasteiger charge is -2.22. The van der Waals surface area contributed by atoms with Crippen LogP contribution in [-0.4, -0.2) is 0 Å². The molecule has 0 bridgehead atoms. The standard InChI is InChI=1S/C20H19O2P/c1-16-13-14-17(2)20(15-16)23(21,19-11-7-4-8-12-19)22-18-9-5-3-6-10-18/h3-15H,1-2H3. The van der Waals surface area contributed by atoms with Crippen molar-refractivity contribution >= 4 is 18.0 Å². The molecule has 3 aromatic carbocycles. The second-order valence-corrected chi connectivity index (χ2v) is 7.87. The molecule has 0 amide bonds. The molecule has 0 radical (unpaired) electrons. The average molecular weight is 322 g/mol. The lowest BCUT2D eigenvalue weighted by Crippen LogP contribution is -2.22. The SMILES string of the molecule is Cc1ccc(C)c(P(=O)(Oc2ccccc2)c2ccccc2)c1. The molecule has 0 saturated heterocycles. The van der Waals surface area contributed by atoms with E-state index in [4.69, 9.17) is 4.52 Å². The first kappa shape index (κ1) is 15.6. The Labute approximate surface area is 137 Å². The van der Waals surface area contributed by atoms with Crippen molar-refractivity contribution in [3.63, 3.8) is 0 Å². The summed E-state index contributed by atoms with van der Waals surface area (Å²) in [6.45, 7) is 3.97. The van der Waals surface area contributed by atoms with E-state index in [9.17, 15) is 4.57 Å². The zero-order chi connectivity index (χ0) is 16.3. The maximum Gasteiger partial charge on any atom is 0.307 e. The lowest BCUT2D eigenvalue weighted by molar-refractivity contribution is 0.502. The molecule has 0 aliphatic heterocycles. The molecule has 3 aromatic rings. The molecular formula is C20H19O2P. The quantitative estimate of drug-likeness (QED) is 0.656. The van der Waals surface area contributed by atoms with Crippen molar-refractivity contribution in [1.29, 1.82) is 0 Å². The Kier molecular flexibility index (Phi) is 4.36. The third-order valence-electron chi connectivity index (χ3n) is 3.76. The van der Waals surface area contributed by atoms with Crippen LogP contribution in [0.4, 0.5) is 0 Å². The fraction of sp³-hybridized carbons (Fsp3) is 0.100. The number of rotatable bonds is 4. The van der Waals surface area contributed by atoms with E-state index in [1.807, 2.05) is 92.7 Å². The Morgan fingerprint density at radius 2 is 1.39 bits per heavy atom. The highest BCUT2D eigenvalue weighted by molar-refractivity contribution is 7.74. The van der Waals surface area contributed by atoms with Crippen molar-refractivity contribution in [1.82, 2.24) is 0 Å². The fourth-order valence-corrected chi connectivity index (χ4v) is 4.91. The van der Waals surface area contributed by atoms with Crippen molar-refractivity contribution in [3.05, 3.63) is 90.0 Å².